The molecule has 0 aromatic rings. The lowest BCUT2D eigenvalue weighted by atomic mass is 10.2. The van der Waals surface area contributed by atoms with Gasteiger partial charge in [-0.3, -0.25) is 5.41 Å². The first-order valence-corrected chi connectivity index (χ1v) is 9.23. The standard InChI is InChI=1S/C14H25N7O2S/c1-2-7-24-14-19-12(11(15)13(20-14)21-16)18-9-3-4-10(8-9)23-6-5-17-22/h9-10,14-15H,2-8,16H2,1H3,(H,18,19)(H,20,21)/t9-,10+,14?/m0/s1. The lowest BCUT2D eigenvalue weighted by Crippen LogP contribution is -2.49. The van der Waals surface area contributed by atoms with Crippen molar-refractivity contribution in [3.8, 4) is 0 Å². The Kier molecular flexibility index (Phi) is 7.60. The molecular formula is C14H25N7O2S. The molecule has 134 valence electrons. The van der Waals surface area contributed by atoms with Crippen LogP contribution in [0.5, 0.6) is 0 Å². The van der Waals surface area contributed by atoms with Gasteiger partial charge < -0.3 is 15.5 Å². The third-order valence-electron chi connectivity index (χ3n) is 3.82. The predicted molar refractivity (Wildman–Crippen MR) is 97.6 cm³/mol. The SMILES string of the molecule is CCCSC1N=C(NN)C(=N)C(N[C@H]2CC[C@@H](OCCN=O)C2)=N1. The molecule has 1 aliphatic heterocycles. The minimum atomic E-state index is -0.278. The molecule has 0 aromatic heterocycles. The number of nitrogens with two attached hydrogens (primary N) is 1. The van der Waals surface area contributed by atoms with Crippen molar-refractivity contribution < 1.29 is 4.74 Å². The number of hydrogen-bond acceptors (Lipinski definition) is 10. The zero-order chi connectivity index (χ0) is 17.4. The van der Waals surface area contributed by atoms with E-state index in [1.165, 1.54) is 0 Å². The number of nitroso groups, excluding NO2 is 1. The summed E-state index contributed by atoms with van der Waals surface area (Å²) in [4.78, 5) is 19.0. The molecule has 0 spiro atoms. The number of rotatable bonds is 8. The molecule has 0 radical (unpaired) electrons. The van der Waals surface area contributed by atoms with E-state index in [0.29, 0.717) is 18.3 Å². The van der Waals surface area contributed by atoms with E-state index in [1.54, 1.807) is 11.8 Å². The van der Waals surface area contributed by atoms with Gasteiger partial charge in [0.2, 0.25) is 0 Å². The van der Waals surface area contributed by atoms with Crippen LogP contribution in [0.25, 0.3) is 0 Å². The molecule has 0 saturated heterocycles. The van der Waals surface area contributed by atoms with Gasteiger partial charge in [0.1, 0.15) is 12.3 Å². The van der Waals surface area contributed by atoms with E-state index in [-0.39, 0.29) is 29.9 Å². The zero-order valence-corrected chi connectivity index (χ0v) is 14.6. The third kappa shape index (κ3) is 5.25. The molecule has 10 heteroatoms. The van der Waals surface area contributed by atoms with Crippen LogP contribution in [0.15, 0.2) is 15.2 Å². The number of amidine groups is 2. The average molecular weight is 355 g/mol. The van der Waals surface area contributed by atoms with Gasteiger partial charge in [0.05, 0.1) is 12.7 Å². The molecule has 1 unspecified atom stereocenters. The molecule has 1 heterocycles. The Morgan fingerprint density at radius 3 is 2.92 bits per heavy atom. The number of hydrazine groups is 1. The molecule has 0 bridgehead atoms. The van der Waals surface area contributed by atoms with Crippen LogP contribution >= 0.6 is 11.8 Å². The highest BCUT2D eigenvalue weighted by atomic mass is 32.2. The summed E-state index contributed by atoms with van der Waals surface area (Å²) in [5.74, 6) is 7.29. The summed E-state index contributed by atoms with van der Waals surface area (Å²) < 4.78 is 5.62. The molecule has 0 aromatic carbocycles. The summed E-state index contributed by atoms with van der Waals surface area (Å²) in [5, 5.41) is 14.3. The molecule has 2 rings (SSSR count). The van der Waals surface area contributed by atoms with E-state index in [2.05, 4.69) is 32.8 Å². The highest BCUT2D eigenvalue weighted by molar-refractivity contribution is 7.99. The molecule has 9 nitrogen and oxygen atoms in total. The topological polar surface area (TPSA) is 137 Å². The summed E-state index contributed by atoms with van der Waals surface area (Å²) >= 11 is 1.62. The molecule has 2 aliphatic rings. The van der Waals surface area contributed by atoms with Gasteiger partial charge in [-0.1, -0.05) is 12.1 Å². The number of nitrogens with one attached hydrogen (secondary N) is 3. The van der Waals surface area contributed by atoms with Crippen molar-refractivity contribution in [3.63, 3.8) is 0 Å². The van der Waals surface area contributed by atoms with Crippen LogP contribution in [0.4, 0.5) is 0 Å². The molecular weight excluding hydrogens is 330 g/mol. The summed E-state index contributed by atoms with van der Waals surface area (Å²) in [7, 11) is 0. The van der Waals surface area contributed by atoms with Gasteiger partial charge >= 0.3 is 0 Å². The second-order valence-electron chi connectivity index (χ2n) is 5.67. The highest BCUT2D eigenvalue weighted by Crippen LogP contribution is 2.23. The maximum absolute atomic E-state index is 10.1. The maximum Gasteiger partial charge on any atom is 0.191 e. The highest BCUT2D eigenvalue weighted by Gasteiger charge is 2.29. The van der Waals surface area contributed by atoms with Crippen molar-refractivity contribution in [2.75, 3.05) is 18.9 Å². The predicted octanol–water partition coefficient (Wildman–Crippen LogP) is 1.00. The van der Waals surface area contributed by atoms with Crippen LogP contribution in [-0.2, 0) is 4.74 Å². The van der Waals surface area contributed by atoms with Crippen LogP contribution in [0.3, 0.4) is 0 Å². The van der Waals surface area contributed by atoms with E-state index in [1.807, 2.05) is 0 Å². The fraction of sp³-hybridized carbons (Fsp3) is 0.786. The first kappa shape index (κ1) is 18.8. The normalized spacial score (nSPS) is 26.8. The molecule has 5 N–H and O–H groups in total. The summed E-state index contributed by atoms with van der Waals surface area (Å²) in [6.45, 7) is 2.65. The number of ether oxygens (including phenoxy) is 1. The van der Waals surface area contributed by atoms with Crippen LogP contribution in [0, 0.1) is 10.3 Å². The lowest BCUT2D eigenvalue weighted by molar-refractivity contribution is 0.0629. The molecule has 1 saturated carbocycles. The molecule has 1 aliphatic carbocycles. The second kappa shape index (κ2) is 9.70. The summed E-state index contributed by atoms with van der Waals surface area (Å²) in [6.07, 6.45) is 3.83. The van der Waals surface area contributed by atoms with Gasteiger partial charge in [-0.05, 0) is 31.4 Å². The van der Waals surface area contributed by atoms with Crippen LogP contribution in [0.2, 0.25) is 0 Å². The fourth-order valence-corrected chi connectivity index (χ4v) is 3.49. The van der Waals surface area contributed by atoms with Gasteiger partial charge in [0.15, 0.2) is 17.2 Å². The van der Waals surface area contributed by atoms with Gasteiger partial charge in [-0.2, -0.15) is 4.91 Å². The second-order valence-corrected chi connectivity index (χ2v) is 6.83. The van der Waals surface area contributed by atoms with Gasteiger partial charge in [-0.25, -0.2) is 15.8 Å². The average Bonchev–Trinajstić information content (AvgIpc) is 3.03. The van der Waals surface area contributed by atoms with Crippen molar-refractivity contribution in [2.45, 2.75) is 50.3 Å². The maximum atomic E-state index is 10.1. The van der Waals surface area contributed by atoms with Crippen molar-refractivity contribution >= 4 is 29.1 Å². The molecule has 1 fully saturated rings. The minimum Gasteiger partial charge on any atom is -0.376 e. The Morgan fingerprint density at radius 2 is 2.21 bits per heavy atom. The van der Waals surface area contributed by atoms with E-state index in [4.69, 9.17) is 16.0 Å². The summed E-state index contributed by atoms with van der Waals surface area (Å²) in [5.41, 5.74) is 2.39. The van der Waals surface area contributed by atoms with E-state index >= 15 is 0 Å². The first-order valence-electron chi connectivity index (χ1n) is 8.18. The van der Waals surface area contributed by atoms with Gasteiger partial charge in [0.25, 0.3) is 0 Å². The Balaban J connectivity index is 1.91. The van der Waals surface area contributed by atoms with E-state index < -0.39 is 0 Å². The van der Waals surface area contributed by atoms with Crippen molar-refractivity contribution in [1.29, 1.82) is 5.41 Å². The third-order valence-corrected chi connectivity index (χ3v) is 4.97. The van der Waals surface area contributed by atoms with E-state index in [0.717, 1.165) is 31.4 Å². The van der Waals surface area contributed by atoms with Crippen LogP contribution in [0.1, 0.15) is 32.6 Å². The lowest BCUT2D eigenvalue weighted by Gasteiger charge is -2.23. The molecule has 0 amide bonds. The Hall–Kier alpha value is -1.52. The number of thioether (sulfide) groups is 1. The van der Waals surface area contributed by atoms with Crippen LogP contribution in [-0.4, -0.2) is 53.9 Å². The van der Waals surface area contributed by atoms with Crippen molar-refractivity contribution in [1.82, 2.24) is 10.7 Å². The fourth-order valence-electron chi connectivity index (χ4n) is 2.68. The Bertz CT molecular complexity index is 511. The Labute approximate surface area is 145 Å². The van der Waals surface area contributed by atoms with Gasteiger partial charge in [-0.15, -0.1) is 11.8 Å². The molecule has 24 heavy (non-hydrogen) atoms. The van der Waals surface area contributed by atoms with Crippen molar-refractivity contribution in [2.24, 2.45) is 21.0 Å². The largest absolute Gasteiger partial charge is 0.376 e. The quantitative estimate of drug-likeness (QED) is 0.222. The van der Waals surface area contributed by atoms with Crippen molar-refractivity contribution in [3.05, 3.63) is 4.91 Å². The first-order chi connectivity index (χ1) is 11.7. The van der Waals surface area contributed by atoms with Gasteiger partial charge in [0, 0.05) is 6.04 Å². The van der Waals surface area contributed by atoms with E-state index in [9.17, 15) is 4.91 Å². The number of hydrogen-bond donors (Lipinski definition) is 4. The van der Waals surface area contributed by atoms with Crippen LogP contribution < -0.4 is 16.6 Å². The minimum absolute atomic E-state index is 0.119. The molecule has 3 atom stereocenters. The number of aliphatic imine (C=N–C) groups is 2. The smallest absolute Gasteiger partial charge is 0.191 e. The Morgan fingerprint density at radius 1 is 1.42 bits per heavy atom. The summed E-state index contributed by atoms with van der Waals surface area (Å²) in [6, 6.07) is 0.187. The monoisotopic (exact) mass is 355 g/mol. The number of nitrogens with zero attached hydrogens (tertiary/aromatic N) is 3. The zero-order valence-electron chi connectivity index (χ0n) is 13.8.